The van der Waals surface area contributed by atoms with Gasteiger partial charge in [0, 0.05) is 6.54 Å². The van der Waals surface area contributed by atoms with Crippen LogP contribution in [0, 0.1) is 12.7 Å². The van der Waals surface area contributed by atoms with Gasteiger partial charge in [-0.25, -0.2) is 9.37 Å². The summed E-state index contributed by atoms with van der Waals surface area (Å²) in [7, 11) is 0. The maximum atomic E-state index is 13.5. The van der Waals surface area contributed by atoms with Crippen molar-refractivity contribution in [1.29, 1.82) is 0 Å². The third kappa shape index (κ3) is 2.79. The van der Waals surface area contributed by atoms with Crippen molar-refractivity contribution < 1.29 is 4.39 Å². The topological polar surface area (TPSA) is 17.8 Å². The molecule has 0 saturated carbocycles. The fraction of sp³-hybridized carbons (Fsp3) is 0.235. The summed E-state index contributed by atoms with van der Waals surface area (Å²) < 4.78 is 15.5. The molecule has 0 bridgehead atoms. The van der Waals surface area contributed by atoms with Gasteiger partial charge in [-0.15, -0.1) is 11.6 Å². The Bertz CT molecular complexity index is 775. The molecular formula is C17H16ClFN2. The van der Waals surface area contributed by atoms with Crippen LogP contribution in [0.15, 0.2) is 42.5 Å². The summed E-state index contributed by atoms with van der Waals surface area (Å²) in [4.78, 5) is 4.53. The molecule has 108 valence electrons. The minimum absolute atomic E-state index is 0.231. The summed E-state index contributed by atoms with van der Waals surface area (Å²) in [5.41, 5.74) is 3.90. The number of aryl methyl sites for hydroxylation is 1. The Balaban J connectivity index is 2.12. The number of fused-ring (bicyclic) bond motifs is 1. The van der Waals surface area contributed by atoms with Crippen molar-refractivity contribution in [3.63, 3.8) is 0 Å². The zero-order valence-electron chi connectivity index (χ0n) is 12.0. The average molecular weight is 303 g/mol. The second-order valence-corrected chi connectivity index (χ2v) is 5.95. The predicted octanol–water partition coefficient (Wildman–Crippen LogP) is 4.83. The van der Waals surface area contributed by atoms with E-state index in [2.05, 4.69) is 36.2 Å². The number of hydrogen-bond acceptors (Lipinski definition) is 1. The van der Waals surface area contributed by atoms with Crippen LogP contribution < -0.4 is 0 Å². The third-order valence-corrected chi connectivity index (χ3v) is 3.75. The molecule has 1 atom stereocenters. The van der Waals surface area contributed by atoms with Gasteiger partial charge in [-0.3, -0.25) is 0 Å². The van der Waals surface area contributed by atoms with E-state index in [0.29, 0.717) is 6.54 Å². The highest BCUT2D eigenvalue weighted by atomic mass is 35.5. The first-order valence-corrected chi connectivity index (χ1v) is 7.33. The summed E-state index contributed by atoms with van der Waals surface area (Å²) in [6, 6.07) is 12.9. The average Bonchev–Trinajstić information content (AvgIpc) is 2.80. The number of imidazole rings is 1. The molecule has 0 amide bonds. The van der Waals surface area contributed by atoms with Crippen LogP contribution in [0.3, 0.4) is 0 Å². The quantitative estimate of drug-likeness (QED) is 0.634. The number of nitrogens with zero attached hydrogens (tertiary/aromatic N) is 2. The van der Waals surface area contributed by atoms with Crippen molar-refractivity contribution in [3.8, 4) is 0 Å². The van der Waals surface area contributed by atoms with Crippen LogP contribution in [0.5, 0.6) is 0 Å². The number of aromatic nitrogens is 2. The van der Waals surface area contributed by atoms with Crippen molar-refractivity contribution in [2.75, 3.05) is 0 Å². The van der Waals surface area contributed by atoms with Crippen molar-refractivity contribution in [1.82, 2.24) is 9.55 Å². The van der Waals surface area contributed by atoms with Gasteiger partial charge in [-0.2, -0.15) is 0 Å². The maximum absolute atomic E-state index is 13.5. The van der Waals surface area contributed by atoms with Crippen LogP contribution in [0.4, 0.5) is 4.39 Å². The number of hydrogen-bond donors (Lipinski definition) is 0. The number of rotatable bonds is 3. The van der Waals surface area contributed by atoms with Gasteiger partial charge < -0.3 is 4.57 Å². The molecule has 0 spiro atoms. The van der Waals surface area contributed by atoms with Crippen LogP contribution in [0.1, 0.15) is 29.3 Å². The summed E-state index contributed by atoms with van der Waals surface area (Å²) >= 11 is 6.23. The molecule has 1 unspecified atom stereocenters. The summed E-state index contributed by atoms with van der Waals surface area (Å²) in [6.45, 7) is 4.56. The van der Waals surface area contributed by atoms with Gasteiger partial charge in [-0.05, 0) is 37.6 Å². The van der Waals surface area contributed by atoms with E-state index in [4.69, 9.17) is 11.6 Å². The van der Waals surface area contributed by atoms with Crippen LogP contribution in [-0.2, 0) is 6.54 Å². The molecule has 1 heterocycles. The fourth-order valence-corrected chi connectivity index (χ4v) is 2.63. The highest BCUT2D eigenvalue weighted by Crippen LogP contribution is 2.26. The highest BCUT2D eigenvalue weighted by Gasteiger charge is 2.15. The molecular weight excluding hydrogens is 287 g/mol. The van der Waals surface area contributed by atoms with Gasteiger partial charge in [0.25, 0.3) is 0 Å². The lowest BCUT2D eigenvalue weighted by Gasteiger charge is -2.11. The van der Waals surface area contributed by atoms with Crippen molar-refractivity contribution in [2.24, 2.45) is 0 Å². The molecule has 2 aromatic carbocycles. The van der Waals surface area contributed by atoms with Crippen LogP contribution in [0.25, 0.3) is 11.0 Å². The number of halogens is 2. The van der Waals surface area contributed by atoms with E-state index < -0.39 is 0 Å². The smallest absolute Gasteiger partial charge is 0.128 e. The summed E-state index contributed by atoms with van der Waals surface area (Å²) in [6.07, 6.45) is 0. The van der Waals surface area contributed by atoms with Crippen molar-refractivity contribution in [3.05, 3.63) is 65.2 Å². The molecule has 0 saturated heterocycles. The second kappa shape index (κ2) is 5.49. The minimum Gasteiger partial charge on any atom is -0.322 e. The van der Waals surface area contributed by atoms with Crippen LogP contribution >= 0.6 is 11.6 Å². The first kappa shape index (κ1) is 14.1. The first-order valence-electron chi connectivity index (χ1n) is 6.90. The predicted molar refractivity (Wildman–Crippen MR) is 84.2 cm³/mol. The van der Waals surface area contributed by atoms with Gasteiger partial charge in [0.1, 0.15) is 11.6 Å². The zero-order chi connectivity index (χ0) is 15.0. The fourth-order valence-electron chi connectivity index (χ4n) is 2.46. The Morgan fingerprint density at radius 1 is 1.19 bits per heavy atom. The van der Waals surface area contributed by atoms with E-state index in [-0.39, 0.29) is 11.2 Å². The van der Waals surface area contributed by atoms with Crippen molar-refractivity contribution >= 4 is 22.6 Å². The minimum atomic E-state index is -0.263. The monoisotopic (exact) mass is 302 g/mol. The molecule has 0 fully saturated rings. The molecule has 0 radical (unpaired) electrons. The molecule has 0 N–H and O–H groups in total. The molecule has 0 aliphatic heterocycles. The van der Waals surface area contributed by atoms with Crippen molar-refractivity contribution in [2.45, 2.75) is 25.8 Å². The Morgan fingerprint density at radius 3 is 2.57 bits per heavy atom. The summed E-state index contributed by atoms with van der Waals surface area (Å²) in [5.74, 6) is 0.499. The van der Waals surface area contributed by atoms with E-state index in [9.17, 15) is 4.39 Å². The van der Waals surface area contributed by atoms with Crippen LogP contribution in [0.2, 0.25) is 0 Å². The molecule has 3 rings (SSSR count). The molecule has 0 aliphatic carbocycles. The number of benzene rings is 2. The lowest BCUT2D eigenvalue weighted by Crippen LogP contribution is -2.05. The molecule has 1 aromatic heterocycles. The standard InChI is InChI=1S/C17H16ClFN2/c1-11-3-5-13(6-4-11)10-21-16-9-14(19)7-8-15(16)20-17(21)12(2)18/h3-9,12H,10H2,1-2H3. The molecule has 0 aliphatic rings. The molecule has 21 heavy (non-hydrogen) atoms. The molecule has 3 aromatic rings. The Morgan fingerprint density at radius 2 is 1.90 bits per heavy atom. The van der Waals surface area contributed by atoms with Gasteiger partial charge in [-0.1, -0.05) is 29.8 Å². The van der Waals surface area contributed by atoms with E-state index in [0.717, 1.165) is 22.4 Å². The highest BCUT2D eigenvalue weighted by molar-refractivity contribution is 6.20. The third-order valence-electron chi connectivity index (χ3n) is 3.56. The van der Waals surface area contributed by atoms with Gasteiger partial charge in [0.15, 0.2) is 0 Å². The van der Waals surface area contributed by atoms with Gasteiger partial charge in [0.2, 0.25) is 0 Å². The zero-order valence-corrected chi connectivity index (χ0v) is 12.7. The second-order valence-electron chi connectivity index (χ2n) is 5.29. The summed E-state index contributed by atoms with van der Waals surface area (Å²) in [5, 5.41) is -0.231. The number of alkyl halides is 1. The first-order chi connectivity index (χ1) is 10.0. The molecule has 4 heteroatoms. The van der Waals surface area contributed by atoms with Gasteiger partial charge in [0.05, 0.1) is 16.4 Å². The SMILES string of the molecule is Cc1ccc(Cn2c(C(C)Cl)nc3ccc(F)cc32)cc1. The lowest BCUT2D eigenvalue weighted by molar-refractivity contribution is 0.628. The van der Waals surface area contributed by atoms with E-state index in [1.54, 1.807) is 6.07 Å². The largest absolute Gasteiger partial charge is 0.322 e. The van der Waals surface area contributed by atoms with Crippen LogP contribution in [-0.4, -0.2) is 9.55 Å². The Kier molecular flexibility index (Phi) is 3.68. The van der Waals surface area contributed by atoms with E-state index >= 15 is 0 Å². The lowest BCUT2D eigenvalue weighted by atomic mass is 10.1. The normalized spacial score (nSPS) is 12.8. The maximum Gasteiger partial charge on any atom is 0.128 e. The van der Waals surface area contributed by atoms with E-state index in [1.165, 1.54) is 17.7 Å². The molecule has 2 nitrogen and oxygen atoms in total. The van der Waals surface area contributed by atoms with Gasteiger partial charge >= 0.3 is 0 Å². The Labute approximate surface area is 128 Å². The van der Waals surface area contributed by atoms with E-state index in [1.807, 2.05) is 11.5 Å². The Hall–Kier alpha value is -1.87.